The van der Waals surface area contributed by atoms with Gasteiger partial charge < -0.3 is 10.2 Å². The molecule has 2 nitrogen and oxygen atoms in total. The van der Waals surface area contributed by atoms with E-state index >= 15 is 0 Å². The Morgan fingerprint density at radius 2 is 1.69 bits per heavy atom. The minimum absolute atomic E-state index is 0.827. The summed E-state index contributed by atoms with van der Waals surface area (Å²) >= 11 is 0. The van der Waals surface area contributed by atoms with Gasteiger partial charge in [0.2, 0.25) is 0 Å². The molecule has 0 unspecified atom stereocenters. The summed E-state index contributed by atoms with van der Waals surface area (Å²) in [6, 6.07) is 1.70. The quantitative estimate of drug-likeness (QED) is 0.713. The number of hydrogen-bond donors (Lipinski definition) is 1. The summed E-state index contributed by atoms with van der Waals surface area (Å²) in [5.41, 5.74) is 0. The minimum atomic E-state index is 0.827. The van der Waals surface area contributed by atoms with Crippen LogP contribution in [0.2, 0.25) is 0 Å². The van der Waals surface area contributed by atoms with Gasteiger partial charge >= 0.3 is 0 Å². The lowest BCUT2D eigenvalue weighted by Crippen LogP contribution is -2.48. The average Bonchev–Trinajstić information content (AvgIpc) is 2.12. The number of piperidine rings is 1. The van der Waals surface area contributed by atoms with Crippen LogP contribution in [0.5, 0.6) is 0 Å². The summed E-state index contributed by atoms with van der Waals surface area (Å²) in [5.74, 6) is 0. The first kappa shape index (κ1) is 9.47. The molecule has 76 valence electrons. The summed E-state index contributed by atoms with van der Waals surface area (Å²) in [6.07, 6.45) is 7.03. The van der Waals surface area contributed by atoms with Gasteiger partial charge in [0.25, 0.3) is 0 Å². The van der Waals surface area contributed by atoms with E-state index in [0.29, 0.717) is 0 Å². The van der Waals surface area contributed by atoms with Gasteiger partial charge in [0.05, 0.1) is 0 Å². The lowest BCUT2D eigenvalue weighted by Gasteiger charge is -2.36. The average molecular weight is 182 g/mol. The summed E-state index contributed by atoms with van der Waals surface area (Å²) in [4.78, 5) is 2.55. The summed E-state index contributed by atoms with van der Waals surface area (Å²) < 4.78 is 0. The third-order valence-corrected chi connectivity index (χ3v) is 3.61. The molecule has 0 aromatic carbocycles. The van der Waals surface area contributed by atoms with E-state index < -0.39 is 0 Å². The monoisotopic (exact) mass is 182 g/mol. The van der Waals surface area contributed by atoms with Crippen LogP contribution in [0.15, 0.2) is 0 Å². The Kier molecular flexibility index (Phi) is 3.23. The Labute approximate surface area is 81.7 Å². The van der Waals surface area contributed by atoms with E-state index in [-0.39, 0.29) is 0 Å². The standard InChI is InChI=1S/C11H22N2/c1-2-13-8-6-11(7-9-13)12-10-4-3-5-10/h10-12H,2-9H2,1H3. The Balaban J connectivity index is 1.65. The van der Waals surface area contributed by atoms with Crippen molar-refractivity contribution in [3.8, 4) is 0 Å². The Morgan fingerprint density at radius 1 is 1.08 bits per heavy atom. The largest absolute Gasteiger partial charge is 0.311 e. The summed E-state index contributed by atoms with van der Waals surface area (Å²) in [5, 5.41) is 3.77. The molecular formula is C11H22N2. The first-order valence-electron chi connectivity index (χ1n) is 5.87. The Bertz CT molecular complexity index is 146. The van der Waals surface area contributed by atoms with Crippen LogP contribution < -0.4 is 5.32 Å². The third kappa shape index (κ3) is 2.44. The molecule has 2 rings (SSSR count). The predicted molar refractivity (Wildman–Crippen MR) is 55.9 cm³/mol. The van der Waals surface area contributed by atoms with Gasteiger partial charge in [-0.25, -0.2) is 0 Å². The fourth-order valence-corrected chi connectivity index (χ4v) is 2.32. The fourth-order valence-electron chi connectivity index (χ4n) is 2.32. The molecule has 2 fully saturated rings. The zero-order chi connectivity index (χ0) is 9.10. The van der Waals surface area contributed by atoms with Crippen LogP contribution in [0, 0.1) is 0 Å². The van der Waals surface area contributed by atoms with Crippen LogP contribution in [0.25, 0.3) is 0 Å². The van der Waals surface area contributed by atoms with E-state index in [9.17, 15) is 0 Å². The Hall–Kier alpha value is -0.0800. The number of hydrogen-bond acceptors (Lipinski definition) is 2. The predicted octanol–water partition coefficient (Wildman–Crippen LogP) is 1.61. The van der Waals surface area contributed by atoms with E-state index in [1.165, 1.54) is 51.7 Å². The van der Waals surface area contributed by atoms with Crippen molar-refractivity contribution in [3.63, 3.8) is 0 Å². The number of nitrogens with one attached hydrogen (secondary N) is 1. The molecule has 2 heteroatoms. The molecule has 0 amide bonds. The minimum Gasteiger partial charge on any atom is -0.311 e. The smallest absolute Gasteiger partial charge is 0.00940 e. The van der Waals surface area contributed by atoms with Gasteiger partial charge in [-0.15, -0.1) is 0 Å². The molecule has 1 heterocycles. The molecule has 0 bridgehead atoms. The number of nitrogens with zero attached hydrogens (tertiary/aromatic N) is 1. The first-order chi connectivity index (χ1) is 6.38. The van der Waals surface area contributed by atoms with E-state index in [4.69, 9.17) is 0 Å². The van der Waals surface area contributed by atoms with Crippen molar-refractivity contribution >= 4 is 0 Å². The van der Waals surface area contributed by atoms with Gasteiger partial charge in [0.15, 0.2) is 0 Å². The van der Waals surface area contributed by atoms with Gasteiger partial charge in [-0.05, 0) is 45.3 Å². The van der Waals surface area contributed by atoms with Gasteiger partial charge in [0, 0.05) is 12.1 Å². The second-order valence-electron chi connectivity index (χ2n) is 4.50. The molecule has 1 saturated carbocycles. The van der Waals surface area contributed by atoms with Crippen molar-refractivity contribution in [1.82, 2.24) is 10.2 Å². The maximum absolute atomic E-state index is 3.77. The van der Waals surface area contributed by atoms with E-state index in [1.807, 2.05) is 0 Å². The van der Waals surface area contributed by atoms with Crippen LogP contribution in [-0.2, 0) is 0 Å². The molecule has 0 aromatic heterocycles. The second kappa shape index (κ2) is 4.43. The first-order valence-corrected chi connectivity index (χ1v) is 5.87. The molecule has 13 heavy (non-hydrogen) atoms. The lowest BCUT2D eigenvalue weighted by atomic mass is 9.91. The van der Waals surface area contributed by atoms with Crippen LogP contribution >= 0.6 is 0 Å². The molecule has 0 radical (unpaired) electrons. The van der Waals surface area contributed by atoms with Gasteiger partial charge in [-0.2, -0.15) is 0 Å². The van der Waals surface area contributed by atoms with E-state index in [1.54, 1.807) is 0 Å². The topological polar surface area (TPSA) is 15.3 Å². The molecule has 1 aliphatic heterocycles. The molecule has 1 aliphatic carbocycles. The highest BCUT2D eigenvalue weighted by molar-refractivity contribution is 4.84. The van der Waals surface area contributed by atoms with Gasteiger partial charge in [-0.1, -0.05) is 13.3 Å². The SMILES string of the molecule is CCN1CCC(NC2CCC2)CC1. The molecule has 0 aromatic rings. The zero-order valence-corrected chi connectivity index (χ0v) is 8.76. The maximum Gasteiger partial charge on any atom is 0.00940 e. The van der Waals surface area contributed by atoms with E-state index in [2.05, 4.69) is 17.1 Å². The second-order valence-corrected chi connectivity index (χ2v) is 4.50. The molecular weight excluding hydrogens is 160 g/mol. The number of rotatable bonds is 3. The van der Waals surface area contributed by atoms with Crippen LogP contribution in [0.3, 0.4) is 0 Å². The van der Waals surface area contributed by atoms with Crippen molar-refractivity contribution in [2.45, 2.75) is 51.1 Å². The highest BCUT2D eigenvalue weighted by Crippen LogP contribution is 2.21. The van der Waals surface area contributed by atoms with Gasteiger partial charge in [-0.3, -0.25) is 0 Å². The van der Waals surface area contributed by atoms with E-state index in [0.717, 1.165) is 12.1 Å². The highest BCUT2D eigenvalue weighted by atomic mass is 15.1. The summed E-state index contributed by atoms with van der Waals surface area (Å²) in [7, 11) is 0. The van der Waals surface area contributed by atoms with Crippen LogP contribution in [0.1, 0.15) is 39.0 Å². The van der Waals surface area contributed by atoms with Crippen LogP contribution in [0.4, 0.5) is 0 Å². The lowest BCUT2D eigenvalue weighted by molar-refractivity contribution is 0.184. The van der Waals surface area contributed by atoms with Gasteiger partial charge in [0.1, 0.15) is 0 Å². The van der Waals surface area contributed by atoms with Crippen molar-refractivity contribution < 1.29 is 0 Å². The third-order valence-electron chi connectivity index (χ3n) is 3.61. The van der Waals surface area contributed by atoms with Crippen molar-refractivity contribution in [2.24, 2.45) is 0 Å². The molecule has 2 aliphatic rings. The zero-order valence-electron chi connectivity index (χ0n) is 8.76. The molecule has 1 saturated heterocycles. The molecule has 0 atom stereocenters. The van der Waals surface area contributed by atoms with Crippen molar-refractivity contribution in [2.75, 3.05) is 19.6 Å². The number of likely N-dealkylation sites (tertiary alicyclic amines) is 1. The molecule has 0 spiro atoms. The molecule has 1 N–H and O–H groups in total. The van der Waals surface area contributed by atoms with Crippen LogP contribution in [-0.4, -0.2) is 36.6 Å². The maximum atomic E-state index is 3.77. The van der Waals surface area contributed by atoms with Crippen molar-refractivity contribution in [3.05, 3.63) is 0 Å². The highest BCUT2D eigenvalue weighted by Gasteiger charge is 2.23. The summed E-state index contributed by atoms with van der Waals surface area (Å²) in [6.45, 7) is 6.11. The Morgan fingerprint density at radius 3 is 2.15 bits per heavy atom. The van der Waals surface area contributed by atoms with Crippen molar-refractivity contribution in [1.29, 1.82) is 0 Å². The fraction of sp³-hybridized carbons (Fsp3) is 1.00. The normalized spacial score (nSPS) is 27.5.